The molecule has 1 aliphatic rings. The first kappa shape index (κ1) is 16.5. The molecule has 4 rings (SSSR count). The largest absolute Gasteiger partial charge is 0.480 e. The number of carboxylic acids is 1. The summed E-state index contributed by atoms with van der Waals surface area (Å²) in [6, 6.07) is 9.47. The van der Waals surface area contributed by atoms with Gasteiger partial charge >= 0.3 is 5.97 Å². The lowest BCUT2D eigenvalue weighted by Crippen LogP contribution is -2.45. The summed E-state index contributed by atoms with van der Waals surface area (Å²) in [5.74, 6) is -0.817. The highest BCUT2D eigenvalue weighted by atomic mass is 16.4. The van der Waals surface area contributed by atoms with E-state index in [0.29, 0.717) is 19.5 Å². The molecule has 0 unspecified atom stereocenters. The number of rotatable bonds is 4. The number of aliphatic carboxylic acids is 1. The lowest BCUT2D eigenvalue weighted by atomic mass is 10.0. The Balaban J connectivity index is 1.69. The van der Waals surface area contributed by atoms with Gasteiger partial charge in [0.25, 0.3) is 0 Å². The van der Waals surface area contributed by atoms with E-state index in [4.69, 9.17) is 0 Å². The van der Waals surface area contributed by atoms with E-state index >= 15 is 0 Å². The predicted molar refractivity (Wildman–Crippen MR) is 96.0 cm³/mol. The van der Waals surface area contributed by atoms with Crippen LogP contribution in [0.2, 0.25) is 0 Å². The van der Waals surface area contributed by atoms with Crippen molar-refractivity contribution >= 4 is 5.97 Å². The van der Waals surface area contributed by atoms with E-state index < -0.39 is 12.0 Å². The van der Waals surface area contributed by atoms with Gasteiger partial charge in [-0.2, -0.15) is 5.10 Å². The molecule has 2 aromatic heterocycles. The zero-order chi connectivity index (χ0) is 18.3. The molecule has 1 aliphatic heterocycles. The fourth-order valence-electron chi connectivity index (χ4n) is 3.64. The van der Waals surface area contributed by atoms with E-state index in [0.717, 1.165) is 34.0 Å². The number of nitrogens with one attached hydrogen (secondary N) is 1. The minimum absolute atomic E-state index is 0.413. The molecule has 0 saturated heterocycles. The topological polar surface area (TPSA) is 87.0 Å². The Morgan fingerprint density at radius 3 is 2.88 bits per heavy atom. The van der Waals surface area contributed by atoms with Crippen LogP contribution in [0.3, 0.4) is 0 Å². The molecular formula is C19H21N5O2. The number of benzene rings is 1. The zero-order valence-electron chi connectivity index (χ0n) is 14.8. The van der Waals surface area contributed by atoms with Gasteiger partial charge in [-0.25, -0.2) is 9.67 Å². The summed E-state index contributed by atoms with van der Waals surface area (Å²) in [6.07, 6.45) is 2.05. The fourth-order valence-corrected chi connectivity index (χ4v) is 3.64. The maximum atomic E-state index is 11.8. The molecule has 0 radical (unpaired) electrons. The molecule has 1 atom stereocenters. The number of aromatic amines is 1. The smallest absolute Gasteiger partial charge is 0.321 e. The molecular weight excluding hydrogens is 330 g/mol. The first-order valence-corrected chi connectivity index (χ1v) is 8.62. The Labute approximate surface area is 151 Å². The Kier molecular flexibility index (Phi) is 4.08. The number of hydrogen-bond donors (Lipinski definition) is 2. The van der Waals surface area contributed by atoms with Gasteiger partial charge in [0, 0.05) is 25.2 Å². The summed E-state index contributed by atoms with van der Waals surface area (Å²) in [5, 5.41) is 14.3. The summed E-state index contributed by atoms with van der Waals surface area (Å²) in [7, 11) is 0. The van der Waals surface area contributed by atoms with Crippen molar-refractivity contribution < 1.29 is 9.90 Å². The molecule has 0 fully saturated rings. The van der Waals surface area contributed by atoms with Gasteiger partial charge in [-0.3, -0.25) is 9.69 Å². The molecule has 7 heteroatoms. The maximum absolute atomic E-state index is 11.8. The third kappa shape index (κ3) is 2.90. The molecule has 0 bridgehead atoms. The number of nitrogens with zero attached hydrogens (tertiary/aromatic N) is 4. The van der Waals surface area contributed by atoms with Crippen LogP contribution < -0.4 is 0 Å². The van der Waals surface area contributed by atoms with Gasteiger partial charge in [0.1, 0.15) is 6.04 Å². The minimum Gasteiger partial charge on any atom is -0.480 e. The zero-order valence-corrected chi connectivity index (χ0v) is 14.8. The Morgan fingerprint density at radius 2 is 2.15 bits per heavy atom. The molecule has 0 saturated carbocycles. The minimum atomic E-state index is -0.817. The van der Waals surface area contributed by atoms with Crippen molar-refractivity contribution in [3.63, 3.8) is 0 Å². The van der Waals surface area contributed by atoms with Crippen LogP contribution >= 0.6 is 0 Å². The number of imidazole rings is 1. The molecule has 2 N–H and O–H groups in total. The van der Waals surface area contributed by atoms with Crippen LogP contribution in [-0.4, -0.2) is 41.8 Å². The monoisotopic (exact) mass is 351 g/mol. The average molecular weight is 351 g/mol. The van der Waals surface area contributed by atoms with Gasteiger partial charge in [-0.1, -0.05) is 18.2 Å². The van der Waals surface area contributed by atoms with Gasteiger partial charge in [0.15, 0.2) is 0 Å². The van der Waals surface area contributed by atoms with Crippen molar-refractivity contribution in [3.05, 3.63) is 65.0 Å². The molecule has 26 heavy (non-hydrogen) atoms. The second-order valence-corrected chi connectivity index (χ2v) is 6.76. The lowest BCUT2D eigenvalue weighted by molar-refractivity contribution is -0.144. The number of aromatic nitrogens is 4. The van der Waals surface area contributed by atoms with Gasteiger partial charge in [0.2, 0.25) is 0 Å². The third-order valence-corrected chi connectivity index (χ3v) is 4.88. The Bertz CT molecular complexity index is 959. The van der Waals surface area contributed by atoms with E-state index in [9.17, 15) is 9.90 Å². The first-order valence-electron chi connectivity index (χ1n) is 8.62. The number of H-pyrrole nitrogens is 1. The van der Waals surface area contributed by atoms with E-state index in [-0.39, 0.29) is 0 Å². The highest BCUT2D eigenvalue weighted by Crippen LogP contribution is 2.25. The number of carbonyl (C=O) groups is 1. The average Bonchev–Trinajstić information content (AvgIpc) is 3.19. The van der Waals surface area contributed by atoms with Crippen LogP contribution in [0.1, 0.15) is 28.3 Å². The quantitative estimate of drug-likeness (QED) is 0.753. The summed E-state index contributed by atoms with van der Waals surface area (Å²) >= 11 is 0. The van der Waals surface area contributed by atoms with Crippen LogP contribution in [0.15, 0.2) is 36.7 Å². The van der Waals surface area contributed by atoms with E-state index in [1.165, 1.54) is 0 Å². The molecule has 134 valence electrons. The van der Waals surface area contributed by atoms with E-state index in [2.05, 4.69) is 15.1 Å². The Morgan fingerprint density at radius 1 is 1.35 bits per heavy atom. The van der Waals surface area contributed by atoms with Crippen LogP contribution in [0.5, 0.6) is 0 Å². The summed E-state index contributed by atoms with van der Waals surface area (Å²) in [6.45, 7) is 5.06. The van der Waals surface area contributed by atoms with Crippen molar-refractivity contribution in [2.24, 2.45) is 0 Å². The first-order chi connectivity index (χ1) is 12.5. The molecule has 3 aromatic rings. The van der Waals surface area contributed by atoms with Crippen LogP contribution in [0.25, 0.3) is 5.69 Å². The van der Waals surface area contributed by atoms with Crippen LogP contribution in [0.4, 0.5) is 0 Å². The van der Waals surface area contributed by atoms with Crippen molar-refractivity contribution in [2.75, 3.05) is 0 Å². The van der Waals surface area contributed by atoms with Gasteiger partial charge in [-0.15, -0.1) is 0 Å². The molecule has 0 spiro atoms. The van der Waals surface area contributed by atoms with Crippen molar-refractivity contribution in [1.29, 1.82) is 0 Å². The molecule has 7 nitrogen and oxygen atoms in total. The summed E-state index contributed by atoms with van der Waals surface area (Å²) < 4.78 is 1.92. The number of hydrogen-bond acceptors (Lipinski definition) is 4. The number of fused-ring (bicyclic) bond motifs is 1. The predicted octanol–water partition coefficient (Wildman–Crippen LogP) is 2.22. The Hall–Kier alpha value is -2.93. The highest BCUT2D eigenvalue weighted by Gasteiger charge is 2.33. The van der Waals surface area contributed by atoms with Crippen molar-refractivity contribution in [2.45, 2.75) is 39.4 Å². The van der Waals surface area contributed by atoms with Gasteiger partial charge in [-0.05, 0) is 31.5 Å². The van der Waals surface area contributed by atoms with Crippen molar-refractivity contribution in [1.82, 2.24) is 24.6 Å². The molecule has 1 aromatic carbocycles. The summed E-state index contributed by atoms with van der Waals surface area (Å²) in [4.78, 5) is 21.2. The fraction of sp³-hybridized carbons (Fsp3) is 0.316. The summed E-state index contributed by atoms with van der Waals surface area (Å²) in [5.41, 5.74) is 5.89. The van der Waals surface area contributed by atoms with Gasteiger partial charge in [0.05, 0.1) is 29.1 Å². The third-order valence-electron chi connectivity index (χ3n) is 4.88. The van der Waals surface area contributed by atoms with Crippen molar-refractivity contribution in [3.8, 4) is 5.69 Å². The number of aryl methyl sites for hydroxylation is 2. The molecule has 0 amide bonds. The maximum Gasteiger partial charge on any atom is 0.321 e. The lowest BCUT2D eigenvalue weighted by Gasteiger charge is -2.32. The van der Waals surface area contributed by atoms with Gasteiger partial charge < -0.3 is 10.1 Å². The van der Waals surface area contributed by atoms with E-state index in [1.54, 1.807) is 6.33 Å². The van der Waals surface area contributed by atoms with E-state index in [1.807, 2.05) is 53.8 Å². The highest BCUT2D eigenvalue weighted by molar-refractivity contribution is 5.74. The second kappa shape index (κ2) is 6.42. The number of para-hydroxylation sites is 1. The van der Waals surface area contributed by atoms with Crippen LogP contribution in [0, 0.1) is 13.8 Å². The molecule has 0 aliphatic carbocycles. The SMILES string of the molecule is Cc1cc(C)n(-c2ccccc2CN2Cc3[nH]cnc3C[C@H]2C(=O)O)n1. The normalized spacial score (nSPS) is 17.2. The second-order valence-electron chi connectivity index (χ2n) is 6.76. The molecule has 3 heterocycles. The van der Waals surface area contributed by atoms with Crippen LogP contribution in [-0.2, 0) is 24.3 Å². The standard InChI is InChI=1S/C19H21N5O2/c1-12-7-13(2)24(22-12)17-6-4-3-5-14(17)9-23-10-16-15(20-11-21-16)8-18(23)19(25)26/h3-7,11,18H,8-10H2,1-2H3,(H,20,21)(H,25,26)/t18-/m0/s1. The number of carboxylic acid groups (broad SMARTS) is 1.